The van der Waals surface area contributed by atoms with Crippen molar-refractivity contribution in [2.24, 2.45) is 5.92 Å². The van der Waals surface area contributed by atoms with Gasteiger partial charge in [0.25, 0.3) is 0 Å². The Morgan fingerprint density at radius 2 is 1.20 bits per heavy atom. The molecule has 0 saturated carbocycles. The molecule has 0 aliphatic rings. The number of unbranched alkanes of at least 4 members (excludes halogenated alkanes) is 13. The van der Waals surface area contributed by atoms with Crippen LogP contribution in [0.2, 0.25) is 0 Å². The highest BCUT2D eigenvalue weighted by Crippen LogP contribution is 2.16. The van der Waals surface area contributed by atoms with Gasteiger partial charge in [-0.15, -0.1) is 10.2 Å². The summed E-state index contributed by atoms with van der Waals surface area (Å²) in [4.78, 5) is 108. The first-order valence-electron chi connectivity index (χ1n) is 28.6. The number of rotatable bonds is 49. The summed E-state index contributed by atoms with van der Waals surface area (Å²) >= 11 is 0. The zero-order chi connectivity index (χ0) is 59.2. The zero-order valence-corrected chi connectivity index (χ0v) is 48.5. The van der Waals surface area contributed by atoms with Crippen molar-refractivity contribution in [3.63, 3.8) is 0 Å². The number of carboxylic acids is 2. The average Bonchev–Trinajstić information content (AvgIpc) is 3.94. The van der Waals surface area contributed by atoms with Gasteiger partial charge in [-0.05, 0) is 58.3 Å². The molecule has 0 spiro atoms. The number of nitrogens with one attached hydrogen (secondary N) is 5. The third-order valence-electron chi connectivity index (χ3n) is 12.9. The number of aromatic nitrogens is 4. The number of aromatic amines is 1. The van der Waals surface area contributed by atoms with Crippen molar-refractivity contribution in [2.45, 2.75) is 206 Å². The molecule has 1 heterocycles. The number of sulfonamides is 1. The molecule has 0 saturated heterocycles. The Labute approximate surface area is 472 Å². The lowest BCUT2D eigenvalue weighted by Crippen LogP contribution is -2.41. The molecule has 80 heavy (non-hydrogen) atoms. The topological polar surface area (TPSA) is 349 Å². The van der Waals surface area contributed by atoms with E-state index in [-0.39, 0.29) is 101 Å². The Morgan fingerprint density at radius 3 is 1.79 bits per heavy atom. The standard InChI is InChI=1S/C40H69N7O11S.C16H23NO4/c1-2-3-19-32(48)25-26-34(40(55)56)42-37(51)27-24-31(39(53)54)30-33(49)20-17-28-41-36(50)23-18-29-59(57,58)45-38(52)22-16-14-12-10-8-6-4-5-7-9-11-13-15-21-35-43-46-47-44-35;1-13-5-7-14(8-6-13)15(18)4-3-9-17-16(19)12-21-11-10-20-2/h31,34H,2-30H2,1H3,(H,41,50)(H,42,51)(H,45,52)(H,53,54)(H,55,56)(H,43,44,46,47);5-8H,3-4,9-12H2,1-2H3,(H,17,19)/t31-,34?;/m1./s1. The predicted molar refractivity (Wildman–Crippen MR) is 300 cm³/mol. The number of ketones is 3. The van der Waals surface area contributed by atoms with Gasteiger partial charge in [0.05, 0.1) is 24.9 Å². The number of Topliss-reactive ketones (excluding diaryl/α,β-unsaturated/α-hetero) is 3. The highest BCUT2D eigenvalue weighted by molar-refractivity contribution is 7.90. The summed E-state index contributed by atoms with van der Waals surface area (Å²) in [5.74, 6) is -5.60. The van der Waals surface area contributed by atoms with E-state index in [1.807, 2.05) is 38.1 Å². The monoisotopic (exact) mass is 1150 g/mol. The van der Waals surface area contributed by atoms with Crippen LogP contribution >= 0.6 is 0 Å². The molecule has 4 amide bonds. The second-order valence-corrected chi connectivity index (χ2v) is 21.9. The molecule has 0 aliphatic heterocycles. The number of hydrogen-bond donors (Lipinski definition) is 7. The number of carboxylic acid groups (broad SMARTS) is 2. The maximum atomic E-state index is 12.4. The number of aryl methyl sites for hydroxylation is 2. The maximum absolute atomic E-state index is 12.4. The summed E-state index contributed by atoms with van der Waals surface area (Å²) in [6.07, 6.45) is 17.4. The van der Waals surface area contributed by atoms with Crippen LogP contribution in [-0.4, -0.2) is 144 Å². The summed E-state index contributed by atoms with van der Waals surface area (Å²) in [5, 5.41) is 40.5. The fourth-order valence-electron chi connectivity index (χ4n) is 8.14. The van der Waals surface area contributed by atoms with E-state index in [0.29, 0.717) is 51.9 Å². The summed E-state index contributed by atoms with van der Waals surface area (Å²) in [7, 11) is -2.31. The molecule has 24 heteroatoms. The van der Waals surface area contributed by atoms with Gasteiger partial charge in [0.15, 0.2) is 11.6 Å². The summed E-state index contributed by atoms with van der Waals surface area (Å²) in [6, 6.07) is 6.23. The molecule has 7 N–H and O–H groups in total. The van der Waals surface area contributed by atoms with Gasteiger partial charge >= 0.3 is 11.9 Å². The van der Waals surface area contributed by atoms with Crippen LogP contribution in [0.1, 0.15) is 208 Å². The lowest BCUT2D eigenvalue weighted by atomic mass is 9.95. The Morgan fingerprint density at radius 1 is 0.613 bits per heavy atom. The third kappa shape index (κ3) is 40.2. The quantitative estimate of drug-likeness (QED) is 0.0270. The van der Waals surface area contributed by atoms with E-state index in [2.05, 4.69) is 41.3 Å². The molecular weight excluding hydrogens is 1060 g/mol. The molecule has 0 fully saturated rings. The van der Waals surface area contributed by atoms with E-state index in [1.54, 1.807) is 7.11 Å². The van der Waals surface area contributed by atoms with Gasteiger partial charge in [-0.2, -0.15) is 5.21 Å². The van der Waals surface area contributed by atoms with E-state index in [9.17, 15) is 61.8 Å². The number of hydrogen-bond acceptors (Lipinski definition) is 16. The number of aliphatic carboxylic acids is 2. The van der Waals surface area contributed by atoms with Gasteiger partial charge in [-0.1, -0.05) is 119 Å². The minimum Gasteiger partial charge on any atom is -0.481 e. The highest BCUT2D eigenvalue weighted by Gasteiger charge is 2.25. The summed E-state index contributed by atoms with van der Waals surface area (Å²) < 4.78 is 36.6. The van der Waals surface area contributed by atoms with Crippen LogP contribution in [0.25, 0.3) is 0 Å². The number of tetrazole rings is 1. The number of nitrogens with zero attached hydrogens (tertiary/aromatic N) is 3. The van der Waals surface area contributed by atoms with Crippen LogP contribution in [0.15, 0.2) is 24.3 Å². The van der Waals surface area contributed by atoms with Crippen LogP contribution in [0.3, 0.4) is 0 Å². The second kappa shape index (κ2) is 45.7. The van der Waals surface area contributed by atoms with Crippen LogP contribution < -0.4 is 20.7 Å². The molecule has 2 aromatic rings. The molecule has 23 nitrogen and oxygen atoms in total. The van der Waals surface area contributed by atoms with Crippen molar-refractivity contribution < 1.29 is 71.3 Å². The smallest absolute Gasteiger partial charge is 0.326 e. The van der Waals surface area contributed by atoms with Gasteiger partial charge in [-0.25, -0.2) is 13.2 Å². The summed E-state index contributed by atoms with van der Waals surface area (Å²) in [5.41, 5.74) is 1.85. The number of carbonyl (C=O) groups excluding carboxylic acids is 7. The van der Waals surface area contributed by atoms with Crippen LogP contribution in [-0.2, 0) is 64.3 Å². The van der Waals surface area contributed by atoms with Gasteiger partial charge in [0, 0.05) is 83.6 Å². The highest BCUT2D eigenvalue weighted by atomic mass is 32.2. The molecule has 0 bridgehead atoms. The van der Waals surface area contributed by atoms with Gasteiger partial charge in [0.2, 0.25) is 33.7 Å². The fourth-order valence-corrected chi connectivity index (χ4v) is 9.22. The van der Waals surface area contributed by atoms with Crippen molar-refractivity contribution in [3.8, 4) is 0 Å². The van der Waals surface area contributed by atoms with E-state index in [1.165, 1.54) is 44.9 Å². The first-order valence-corrected chi connectivity index (χ1v) is 30.2. The molecule has 452 valence electrons. The van der Waals surface area contributed by atoms with Crippen molar-refractivity contribution in [1.82, 2.24) is 41.3 Å². The Balaban J connectivity index is 0.00000127. The predicted octanol–water partition coefficient (Wildman–Crippen LogP) is 6.61. The van der Waals surface area contributed by atoms with E-state index in [4.69, 9.17) is 9.47 Å². The molecule has 2 atom stereocenters. The van der Waals surface area contributed by atoms with Crippen LogP contribution in [0.4, 0.5) is 0 Å². The SMILES string of the molecule is CCCCC(=O)CCC(NC(=O)CC[C@H](CC(=O)CCCNC(=O)CCCS(=O)(=O)NC(=O)CCCCCCCCCCCCCCCc1nn[nH]n1)C(=O)O)C(=O)O.COCCOCC(=O)NCCCC(=O)c1ccc(C)cc1. The number of benzene rings is 1. The molecular formula is C56H92N8O15S. The fraction of sp³-hybridized carbons (Fsp3) is 0.714. The second-order valence-electron chi connectivity index (χ2n) is 20.1. The minimum atomic E-state index is -3.88. The molecule has 0 aliphatic carbocycles. The largest absolute Gasteiger partial charge is 0.481 e. The normalized spacial score (nSPS) is 11.8. The van der Waals surface area contributed by atoms with Crippen molar-refractivity contribution in [1.29, 1.82) is 0 Å². The van der Waals surface area contributed by atoms with Crippen molar-refractivity contribution in [3.05, 3.63) is 41.2 Å². The summed E-state index contributed by atoms with van der Waals surface area (Å²) in [6.45, 7) is 5.39. The lowest BCUT2D eigenvalue weighted by Gasteiger charge is -2.16. The van der Waals surface area contributed by atoms with Gasteiger partial charge in [-0.3, -0.25) is 43.1 Å². The van der Waals surface area contributed by atoms with Crippen LogP contribution in [0.5, 0.6) is 0 Å². The molecule has 0 radical (unpaired) electrons. The Kier molecular flexibility index (Phi) is 41.1. The van der Waals surface area contributed by atoms with Crippen molar-refractivity contribution >= 4 is 62.9 Å². The minimum absolute atomic E-state index is 0.00162. The Bertz CT molecular complexity index is 2210. The molecule has 1 unspecified atom stereocenters. The van der Waals surface area contributed by atoms with Crippen LogP contribution in [0, 0.1) is 12.8 Å². The number of carbonyl (C=O) groups is 9. The number of methoxy groups -OCH3 is 1. The zero-order valence-electron chi connectivity index (χ0n) is 47.7. The molecule has 1 aromatic heterocycles. The maximum Gasteiger partial charge on any atom is 0.326 e. The Hall–Kier alpha value is -6.01. The average molecular weight is 1150 g/mol. The molecule has 1 aromatic carbocycles. The third-order valence-corrected chi connectivity index (χ3v) is 14.2. The van der Waals surface area contributed by atoms with E-state index < -0.39 is 57.4 Å². The van der Waals surface area contributed by atoms with Gasteiger partial charge < -0.3 is 35.6 Å². The molecule has 2 rings (SSSR count). The van der Waals surface area contributed by atoms with Gasteiger partial charge in [0.1, 0.15) is 24.2 Å². The van der Waals surface area contributed by atoms with E-state index >= 15 is 0 Å². The number of amides is 4. The first kappa shape index (κ1) is 72.0. The number of ether oxygens (including phenoxy) is 2. The first-order chi connectivity index (χ1) is 38.3. The van der Waals surface area contributed by atoms with E-state index in [0.717, 1.165) is 61.9 Å². The number of H-pyrrole nitrogens is 1. The van der Waals surface area contributed by atoms with Crippen molar-refractivity contribution in [2.75, 3.05) is 45.8 Å². The lowest BCUT2D eigenvalue weighted by molar-refractivity contribution is -0.145.